The number of amides is 1. The molecule has 22 heavy (non-hydrogen) atoms. The second-order valence-electron chi connectivity index (χ2n) is 5.67. The van der Waals surface area contributed by atoms with Gasteiger partial charge in [0.15, 0.2) is 5.11 Å². The van der Waals surface area contributed by atoms with Crippen molar-refractivity contribution >= 4 is 35.0 Å². The molecule has 118 valence electrons. The molecular formula is C17H23N3OS. The van der Waals surface area contributed by atoms with Crippen molar-refractivity contribution in [2.45, 2.75) is 19.8 Å². The molecule has 0 saturated carbocycles. The van der Waals surface area contributed by atoms with Crippen molar-refractivity contribution in [2.24, 2.45) is 0 Å². The normalized spacial score (nSPS) is 16.8. The third-order valence-electron chi connectivity index (χ3n) is 3.79. The zero-order valence-electron chi connectivity index (χ0n) is 13.7. The smallest absolute Gasteiger partial charge is 0.276 e. The molecule has 1 aliphatic rings. The molecule has 0 N–H and O–H groups in total. The molecule has 1 aromatic carbocycles. The number of hydrogen-bond donors (Lipinski definition) is 0. The first kappa shape index (κ1) is 16.5. The van der Waals surface area contributed by atoms with E-state index in [-0.39, 0.29) is 5.91 Å². The molecule has 0 unspecified atom stereocenters. The quantitative estimate of drug-likeness (QED) is 0.616. The molecule has 1 heterocycles. The predicted octanol–water partition coefficient (Wildman–Crippen LogP) is 2.95. The van der Waals surface area contributed by atoms with Gasteiger partial charge in [-0.25, -0.2) is 0 Å². The van der Waals surface area contributed by atoms with Crippen LogP contribution in [0.15, 0.2) is 30.0 Å². The van der Waals surface area contributed by atoms with Gasteiger partial charge in [0.2, 0.25) is 0 Å². The molecule has 1 saturated heterocycles. The fourth-order valence-electron chi connectivity index (χ4n) is 2.35. The maximum atomic E-state index is 12.5. The lowest BCUT2D eigenvalue weighted by atomic mass is 10.1. The molecule has 4 nitrogen and oxygen atoms in total. The first-order chi connectivity index (χ1) is 10.5. The number of anilines is 1. The molecule has 1 aromatic rings. The Morgan fingerprint density at radius 2 is 1.86 bits per heavy atom. The molecule has 5 heteroatoms. The Hall–Kier alpha value is -1.88. The van der Waals surface area contributed by atoms with Gasteiger partial charge in [0.05, 0.1) is 0 Å². The van der Waals surface area contributed by atoms with Crippen LogP contribution in [0.1, 0.15) is 25.3 Å². The first-order valence-electron chi connectivity index (χ1n) is 7.54. The van der Waals surface area contributed by atoms with E-state index in [0.29, 0.717) is 17.4 Å². The molecule has 0 aliphatic carbocycles. The topological polar surface area (TPSA) is 26.8 Å². The third kappa shape index (κ3) is 3.30. The molecular weight excluding hydrogens is 294 g/mol. The summed E-state index contributed by atoms with van der Waals surface area (Å²) in [7, 11) is 5.86. The van der Waals surface area contributed by atoms with Crippen LogP contribution in [-0.2, 0) is 4.79 Å². The van der Waals surface area contributed by atoms with Crippen molar-refractivity contribution in [1.29, 1.82) is 0 Å². The molecule has 0 radical (unpaired) electrons. The standard InChI is InChI=1S/C17H23N3OS/c1-5-6-11-20-16(21)15(19(4)17(20)22)12-13-7-9-14(10-8-13)18(2)3/h7-10,12H,5-6,11H2,1-4H3/b15-12+. The van der Waals surface area contributed by atoms with Crippen LogP contribution >= 0.6 is 12.2 Å². The summed E-state index contributed by atoms with van der Waals surface area (Å²) >= 11 is 5.39. The van der Waals surface area contributed by atoms with Gasteiger partial charge >= 0.3 is 0 Å². The van der Waals surface area contributed by atoms with E-state index in [1.54, 1.807) is 9.80 Å². The summed E-state index contributed by atoms with van der Waals surface area (Å²) in [6.07, 6.45) is 3.91. The van der Waals surface area contributed by atoms with Gasteiger partial charge in [-0.1, -0.05) is 25.5 Å². The van der Waals surface area contributed by atoms with Crippen LogP contribution in [0.3, 0.4) is 0 Å². The van der Waals surface area contributed by atoms with Crippen molar-refractivity contribution in [3.8, 4) is 0 Å². The van der Waals surface area contributed by atoms with Gasteiger partial charge in [-0.2, -0.15) is 0 Å². The van der Waals surface area contributed by atoms with E-state index in [1.165, 1.54) is 0 Å². The Bertz CT molecular complexity index is 592. The molecule has 2 rings (SSSR count). The first-order valence-corrected chi connectivity index (χ1v) is 7.95. The molecule has 0 atom stereocenters. The molecule has 1 amide bonds. The number of likely N-dealkylation sites (N-methyl/N-ethyl adjacent to an activating group) is 1. The third-order valence-corrected chi connectivity index (χ3v) is 4.29. The lowest BCUT2D eigenvalue weighted by Gasteiger charge is -2.15. The average molecular weight is 317 g/mol. The van der Waals surface area contributed by atoms with Crippen LogP contribution in [0, 0.1) is 0 Å². The van der Waals surface area contributed by atoms with Gasteiger partial charge in [-0.05, 0) is 42.4 Å². The number of rotatable bonds is 5. The van der Waals surface area contributed by atoms with Gasteiger partial charge in [-0.15, -0.1) is 0 Å². The molecule has 0 aromatic heterocycles. The van der Waals surface area contributed by atoms with Crippen LogP contribution in [0.5, 0.6) is 0 Å². The summed E-state index contributed by atoms with van der Waals surface area (Å²) in [5, 5.41) is 0.592. The Labute approximate surface area is 138 Å². The van der Waals surface area contributed by atoms with Gasteiger partial charge in [0, 0.05) is 33.4 Å². The lowest BCUT2D eigenvalue weighted by Crippen LogP contribution is -2.32. The van der Waals surface area contributed by atoms with E-state index < -0.39 is 0 Å². The highest BCUT2D eigenvalue weighted by atomic mass is 32.1. The van der Waals surface area contributed by atoms with E-state index >= 15 is 0 Å². The Kier molecular flexibility index (Phi) is 5.19. The second kappa shape index (κ2) is 6.92. The van der Waals surface area contributed by atoms with Crippen molar-refractivity contribution in [3.63, 3.8) is 0 Å². The van der Waals surface area contributed by atoms with Crippen molar-refractivity contribution in [2.75, 3.05) is 32.6 Å². The number of hydrogen-bond acceptors (Lipinski definition) is 3. The van der Waals surface area contributed by atoms with Crippen molar-refractivity contribution in [1.82, 2.24) is 9.80 Å². The minimum atomic E-state index is -0.00219. The SMILES string of the molecule is CCCCN1C(=O)/C(=C\c2ccc(N(C)C)cc2)N(C)C1=S. The van der Waals surface area contributed by atoms with E-state index in [0.717, 1.165) is 24.1 Å². The number of unbranched alkanes of at least 4 members (excludes halogenated alkanes) is 1. The Morgan fingerprint density at radius 1 is 1.23 bits per heavy atom. The minimum Gasteiger partial charge on any atom is -0.378 e. The van der Waals surface area contributed by atoms with E-state index in [4.69, 9.17) is 12.2 Å². The van der Waals surface area contributed by atoms with E-state index in [1.807, 2.05) is 56.4 Å². The highest BCUT2D eigenvalue weighted by molar-refractivity contribution is 7.80. The van der Waals surface area contributed by atoms with Crippen LogP contribution in [0.2, 0.25) is 0 Å². The maximum Gasteiger partial charge on any atom is 0.276 e. The van der Waals surface area contributed by atoms with Crippen LogP contribution < -0.4 is 4.90 Å². The zero-order valence-corrected chi connectivity index (χ0v) is 14.5. The number of nitrogens with zero attached hydrogens (tertiary/aromatic N) is 3. The summed E-state index contributed by atoms with van der Waals surface area (Å²) in [4.78, 5) is 18.1. The number of benzene rings is 1. The van der Waals surface area contributed by atoms with Crippen molar-refractivity contribution < 1.29 is 4.79 Å². The summed E-state index contributed by atoms with van der Waals surface area (Å²) in [6, 6.07) is 8.11. The number of carbonyl (C=O) groups excluding carboxylic acids is 1. The average Bonchev–Trinajstić information content (AvgIpc) is 2.70. The Balaban J connectivity index is 2.23. The second-order valence-corrected chi connectivity index (χ2v) is 6.03. The molecule has 1 aliphatic heterocycles. The summed E-state index contributed by atoms with van der Waals surface area (Å²) in [5.41, 5.74) is 2.77. The summed E-state index contributed by atoms with van der Waals surface area (Å²) in [5.74, 6) is -0.00219. The lowest BCUT2D eigenvalue weighted by molar-refractivity contribution is -0.122. The minimum absolute atomic E-state index is 0.00219. The largest absolute Gasteiger partial charge is 0.378 e. The number of thiocarbonyl (C=S) groups is 1. The summed E-state index contributed by atoms with van der Waals surface area (Å²) < 4.78 is 0. The van der Waals surface area contributed by atoms with Gasteiger partial charge in [0.1, 0.15) is 5.70 Å². The fraction of sp³-hybridized carbons (Fsp3) is 0.412. The molecule has 1 fully saturated rings. The molecule has 0 spiro atoms. The van der Waals surface area contributed by atoms with E-state index in [9.17, 15) is 4.79 Å². The van der Waals surface area contributed by atoms with Gasteiger partial charge in [-0.3, -0.25) is 9.69 Å². The van der Waals surface area contributed by atoms with Crippen LogP contribution in [0.25, 0.3) is 6.08 Å². The fourth-order valence-corrected chi connectivity index (χ4v) is 2.62. The van der Waals surface area contributed by atoms with Gasteiger partial charge < -0.3 is 9.80 Å². The van der Waals surface area contributed by atoms with Crippen LogP contribution in [-0.4, -0.2) is 48.5 Å². The molecule has 0 bridgehead atoms. The van der Waals surface area contributed by atoms with E-state index in [2.05, 4.69) is 6.92 Å². The van der Waals surface area contributed by atoms with Crippen molar-refractivity contribution in [3.05, 3.63) is 35.5 Å². The predicted molar refractivity (Wildman–Crippen MR) is 95.7 cm³/mol. The monoisotopic (exact) mass is 317 g/mol. The summed E-state index contributed by atoms with van der Waals surface area (Å²) in [6.45, 7) is 2.80. The highest BCUT2D eigenvalue weighted by Gasteiger charge is 2.34. The number of carbonyl (C=O) groups is 1. The highest BCUT2D eigenvalue weighted by Crippen LogP contribution is 2.23. The Morgan fingerprint density at radius 3 is 2.41 bits per heavy atom. The zero-order chi connectivity index (χ0) is 16.3. The maximum absolute atomic E-state index is 12.5. The van der Waals surface area contributed by atoms with Crippen LogP contribution in [0.4, 0.5) is 5.69 Å². The van der Waals surface area contributed by atoms with Gasteiger partial charge in [0.25, 0.3) is 5.91 Å².